The third-order valence-electron chi connectivity index (χ3n) is 3.60. The van der Waals surface area contributed by atoms with Crippen LogP contribution in [-0.2, 0) is 11.2 Å². The minimum Gasteiger partial charge on any atom is -0.457 e. The summed E-state index contributed by atoms with van der Waals surface area (Å²) >= 11 is 0. The van der Waals surface area contributed by atoms with Gasteiger partial charge in [-0.3, -0.25) is 4.79 Å². The number of para-hydroxylation sites is 1. The van der Waals surface area contributed by atoms with Gasteiger partial charge in [0, 0.05) is 5.92 Å². The SMILES string of the molecule is CNC(Cc1ccc(Oc2ccccc2)cc1)C(=O)C(C)C. The van der Waals surface area contributed by atoms with E-state index in [1.54, 1.807) is 0 Å². The predicted molar refractivity (Wildman–Crippen MR) is 89.4 cm³/mol. The number of hydrogen-bond donors (Lipinski definition) is 1. The fourth-order valence-corrected chi connectivity index (χ4v) is 2.30. The first-order chi connectivity index (χ1) is 10.6. The van der Waals surface area contributed by atoms with Crippen LogP contribution in [0.1, 0.15) is 19.4 Å². The van der Waals surface area contributed by atoms with Gasteiger partial charge in [0.15, 0.2) is 5.78 Å². The van der Waals surface area contributed by atoms with E-state index in [0.717, 1.165) is 17.1 Å². The van der Waals surface area contributed by atoms with Crippen molar-refractivity contribution in [3.8, 4) is 11.5 Å². The Morgan fingerprint density at radius 3 is 2.14 bits per heavy atom. The Balaban J connectivity index is 2.01. The van der Waals surface area contributed by atoms with E-state index in [-0.39, 0.29) is 17.7 Å². The third-order valence-corrected chi connectivity index (χ3v) is 3.60. The van der Waals surface area contributed by atoms with Crippen LogP contribution in [0.4, 0.5) is 0 Å². The first kappa shape index (κ1) is 16.2. The Morgan fingerprint density at radius 2 is 1.59 bits per heavy atom. The zero-order valence-electron chi connectivity index (χ0n) is 13.4. The number of likely N-dealkylation sites (N-methyl/N-ethyl adjacent to an activating group) is 1. The summed E-state index contributed by atoms with van der Waals surface area (Å²) in [7, 11) is 1.83. The van der Waals surface area contributed by atoms with E-state index < -0.39 is 0 Å². The second kappa shape index (κ2) is 7.76. The summed E-state index contributed by atoms with van der Waals surface area (Å²) in [4.78, 5) is 12.1. The molecule has 22 heavy (non-hydrogen) atoms. The number of carbonyl (C=O) groups is 1. The molecule has 0 aliphatic heterocycles. The maximum atomic E-state index is 12.1. The second-order valence-electron chi connectivity index (χ2n) is 5.66. The zero-order valence-corrected chi connectivity index (χ0v) is 13.4. The summed E-state index contributed by atoms with van der Waals surface area (Å²) in [6.45, 7) is 3.87. The van der Waals surface area contributed by atoms with Gasteiger partial charge in [-0.15, -0.1) is 0 Å². The molecule has 116 valence electrons. The number of carbonyl (C=O) groups excluding carboxylic acids is 1. The van der Waals surface area contributed by atoms with Gasteiger partial charge >= 0.3 is 0 Å². The molecule has 0 saturated heterocycles. The number of ether oxygens (including phenoxy) is 1. The molecule has 2 aromatic rings. The van der Waals surface area contributed by atoms with Crippen LogP contribution in [0.25, 0.3) is 0 Å². The van der Waals surface area contributed by atoms with Crippen LogP contribution in [0.3, 0.4) is 0 Å². The highest BCUT2D eigenvalue weighted by Gasteiger charge is 2.19. The summed E-state index contributed by atoms with van der Waals surface area (Å²) in [6.07, 6.45) is 0.694. The van der Waals surface area contributed by atoms with Gasteiger partial charge in [0.2, 0.25) is 0 Å². The maximum absolute atomic E-state index is 12.1. The van der Waals surface area contributed by atoms with Gasteiger partial charge in [0.1, 0.15) is 11.5 Å². The quantitative estimate of drug-likeness (QED) is 0.844. The summed E-state index contributed by atoms with van der Waals surface area (Å²) in [5.74, 6) is 1.90. The Bertz CT molecular complexity index is 591. The molecular weight excluding hydrogens is 274 g/mol. The number of rotatable bonds is 7. The van der Waals surface area contributed by atoms with Crippen LogP contribution in [0.5, 0.6) is 11.5 Å². The third kappa shape index (κ3) is 4.43. The number of nitrogens with one attached hydrogen (secondary N) is 1. The van der Waals surface area contributed by atoms with E-state index >= 15 is 0 Å². The molecule has 0 radical (unpaired) electrons. The molecule has 1 unspecified atom stereocenters. The lowest BCUT2D eigenvalue weighted by Crippen LogP contribution is -2.38. The Morgan fingerprint density at radius 1 is 1.00 bits per heavy atom. The van der Waals surface area contributed by atoms with Crippen molar-refractivity contribution < 1.29 is 9.53 Å². The lowest BCUT2D eigenvalue weighted by Gasteiger charge is -2.17. The number of benzene rings is 2. The Labute approximate surface area is 132 Å². The first-order valence-electron chi connectivity index (χ1n) is 7.63. The van der Waals surface area contributed by atoms with E-state index in [9.17, 15) is 4.79 Å². The van der Waals surface area contributed by atoms with E-state index in [0.29, 0.717) is 6.42 Å². The highest BCUT2D eigenvalue weighted by molar-refractivity contribution is 5.86. The molecule has 0 aliphatic carbocycles. The molecule has 0 heterocycles. The second-order valence-corrected chi connectivity index (χ2v) is 5.66. The average molecular weight is 297 g/mol. The summed E-state index contributed by atoms with van der Waals surface area (Å²) < 4.78 is 5.77. The molecule has 0 saturated carbocycles. The highest BCUT2D eigenvalue weighted by Crippen LogP contribution is 2.21. The van der Waals surface area contributed by atoms with Gasteiger partial charge in [-0.1, -0.05) is 44.2 Å². The summed E-state index contributed by atoms with van der Waals surface area (Å²) in [6, 6.07) is 17.5. The van der Waals surface area contributed by atoms with Crippen molar-refractivity contribution in [2.24, 2.45) is 5.92 Å². The summed E-state index contributed by atoms with van der Waals surface area (Å²) in [5, 5.41) is 3.11. The van der Waals surface area contributed by atoms with Gasteiger partial charge in [-0.05, 0) is 43.3 Å². The van der Waals surface area contributed by atoms with Crippen LogP contribution in [0.15, 0.2) is 54.6 Å². The lowest BCUT2D eigenvalue weighted by molar-refractivity contribution is -0.123. The van der Waals surface area contributed by atoms with Crippen molar-refractivity contribution in [1.82, 2.24) is 5.32 Å². The smallest absolute Gasteiger partial charge is 0.152 e. The predicted octanol–water partition coefficient (Wildman–Crippen LogP) is 3.83. The Kier molecular flexibility index (Phi) is 5.73. The van der Waals surface area contributed by atoms with Gasteiger partial charge in [0.25, 0.3) is 0 Å². The molecule has 2 rings (SSSR count). The Hall–Kier alpha value is -2.13. The van der Waals surface area contributed by atoms with E-state index in [4.69, 9.17) is 4.74 Å². The van der Waals surface area contributed by atoms with Crippen molar-refractivity contribution in [2.75, 3.05) is 7.05 Å². The van der Waals surface area contributed by atoms with E-state index in [1.165, 1.54) is 0 Å². The molecule has 0 spiro atoms. The first-order valence-corrected chi connectivity index (χ1v) is 7.63. The largest absolute Gasteiger partial charge is 0.457 e. The van der Waals surface area contributed by atoms with Crippen LogP contribution < -0.4 is 10.1 Å². The van der Waals surface area contributed by atoms with Crippen LogP contribution in [0.2, 0.25) is 0 Å². The molecule has 1 N–H and O–H groups in total. The van der Waals surface area contributed by atoms with Crippen molar-refractivity contribution in [3.63, 3.8) is 0 Å². The van der Waals surface area contributed by atoms with Crippen molar-refractivity contribution in [3.05, 3.63) is 60.2 Å². The molecule has 1 atom stereocenters. The van der Waals surface area contributed by atoms with Crippen LogP contribution >= 0.6 is 0 Å². The monoisotopic (exact) mass is 297 g/mol. The normalized spacial score (nSPS) is 12.2. The van der Waals surface area contributed by atoms with Crippen LogP contribution in [-0.4, -0.2) is 18.9 Å². The van der Waals surface area contributed by atoms with Gasteiger partial charge < -0.3 is 10.1 Å². The molecular formula is C19H23NO2. The fraction of sp³-hybridized carbons (Fsp3) is 0.316. The minimum absolute atomic E-state index is 0.0399. The van der Waals surface area contributed by atoms with Crippen molar-refractivity contribution >= 4 is 5.78 Å². The van der Waals surface area contributed by atoms with Gasteiger partial charge in [-0.25, -0.2) is 0 Å². The molecule has 3 heteroatoms. The standard InChI is InChI=1S/C19H23NO2/c1-14(2)19(21)18(20-3)13-15-9-11-17(12-10-15)22-16-7-5-4-6-8-16/h4-12,14,18,20H,13H2,1-3H3. The average Bonchev–Trinajstić information content (AvgIpc) is 2.54. The lowest BCUT2D eigenvalue weighted by atomic mass is 9.96. The topological polar surface area (TPSA) is 38.3 Å². The number of Topliss-reactive ketones (excluding diaryl/α,β-unsaturated/α-hetero) is 1. The molecule has 0 fully saturated rings. The zero-order chi connectivity index (χ0) is 15.9. The van der Waals surface area contributed by atoms with Gasteiger partial charge in [0.05, 0.1) is 6.04 Å². The van der Waals surface area contributed by atoms with Crippen molar-refractivity contribution in [1.29, 1.82) is 0 Å². The van der Waals surface area contributed by atoms with Crippen LogP contribution in [0, 0.1) is 5.92 Å². The van der Waals surface area contributed by atoms with Gasteiger partial charge in [-0.2, -0.15) is 0 Å². The molecule has 0 amide bonds. The summed E-state index contributed by atoms with van der Waals surface area (Å²) in [5.41, 5.74) is 1.12. The fourth-order valence-electron chi connectivity index (χ4n) is 2.30. The number of hydrogen-bond acceptors (Lipinski definition) is 3. The van der Waals surface area contributed by atoms with E-state index in [2.05, 4.69) is 5.32 Å². The van der Waals surface area contributed by atoms with Crippen molar-refractivity contribution in [2.45, 2.75) is 26.3 Å². The molecule has 3 nitrogen and oxygen atoms in total. The minimum atomic E-state index is -0.138. The molecule has 0 bridgehead atoms. The molecule has 0 aromatic heterocycles. The van der Waals surface area contributed by atoms with E-state index in [1.807, 2.05) is 75.5 Å². The highest BCUT2D eigenvalue weighted by atomic mass is 16.5. The molecule has 2 aromatic carbocycles. The number of ketones is 1. The molecule has 0 aliphatic rings. The maximum Gasteiger partial charge on any atom is 0.152 e.